The van der Waals surface area contributed by atoms with Crippen molar-refractivity contribution in [1.29, 1.82) is 5.26 Å². The van der Waals surface area contributed by atoms with E-state index in [4.69, 9.17) is 16.3 Å². The lowest BCUT2D eigenvalue weighted by Crippen LogP contribution is -2.30. The monoisotopic (exact) mass is 412 g/mol. The van der Waals surface area contributed by atoms with Crippen molar-refractivity contribution in [1.82, 2.24) is 5.32 Å². The molecule has 0 unspecified atom stereocenters. The van der Waals surface area contributed by atoms with Crippen molar-refractivity contribution in [2.45, 2.75) is 18.1 Å². The van der Waals surface area contributed by atoms with Gasteiger partial charge in [-0.1, -0.05) is 35.9 Å². The molecule has 1 amide bonds. The Labute approximate surface area is 172 Å². The molecule has 1 heterocycles. The van der Waals surface area contributed by atoms with Gasteiger partial charge in [-0.15, -0.1) is 11.8 Å². The van der Waals surface area contributed by atoms with Gasteiger partial charge in [0, 0.05) is 23.1 Å². The summed E-state index contributed by atoms with van der Waals surface area (Å²) in [6.45, 7) is 0. The number of allylic oxidation sites excluding steroid dienone is 1. The summed E-state index contributed by atoms with van der Waals surface area (Å²) < 4.78 is 4.70. The number of amides is 1. The van der Waals surface area contributed by atoms with Crippen LogP contribution >= 0.6 is 23.4 Å². The van der Waals surface area contributed by atoms with Crippen molar-refractivity contribution in [2.24, 2.45) is 0 Å². The maximum Gasteiger partial charge on any atom is 0.337 e. The van der Waals surface area contributed by atoms with Crippen LogP contribution in [0.3, 0.4) is 0 Å². The van der Waals surface area contributed by atoms with Gasteiger partial charge >= 0.3 is 5.97 Å². The van der Waals surface area contributed by atoms with Gasteiger partial charge in [0.1, 0.15) is 0 Å². The highest BCUT2D eigenvalue weighted by Crippen LogP contribution is 2.37. The Morgan fingerprint density at radius 2 is 1.93 bits per heavy atom. The number of nitrogens with one attached hydrogen (secondary N) is 1. The van der Waals surface area contributed by atoms with Gasteiger partial charge in [-0.25, -0.2) is 4.79 Å². The van der Waals surface area contributed by atoms with Gasteiger partial charge in [0.25, 0.3) is 0 Å². The molecule has 3 rings (SSSR count). The molecule has 0 aromatic heterocycles. The van der Waals surface area contributed by atoms with Gasteiger partial charge in [0.05, 0.1) is 29.3 Å². The van der Waals surface area contributed by atoms with Crippen LogP contribution in [0.5, 0.6) is 0 Å². The fourth-order valence-corrected chi connectivity index (χ4v) is 4.08. The standard InChI is InChI=1S/C21H17ClN2O3S/c1-27-21(26)15-6-4-14(5-7-15)17-10-19(25)24-20(18(17)11-23)28-12-13-2-8-16(22)9-3-13/h2-9,17H,10,12H2,1H3,(H,24,25)/t17-/m1/s1. The zero-order valence-corrected chi connectivity index (χ0v) is 16.6. The van der Waals surface area contributed by atoms with Gasteiger partial charge in [-0.05, 0) is 35.4 Å². The first-order chi connectivity index (χ1) is 13.5. The minimum absolute atomic E-state index is 0.139. The van der Waals surface area contributed by atoms with Crippen LogP contribution in [0.2, 0.25) is 5.02 Å². The summed E-state index contributed by atoms with van der Waals surface area (Å²) in [6, 6.07) is 16.5. The number of halogens is 1. The molecule has 2 aromatic rings. The number of thioether (sulfide) groups is 1. The lowest BCUT2D eigenvalue weighted by atomic mass is 9.87. The van der Waals surface area contributed by atoms with E-state index >= 15 is 0 Å². The molecule has 142 valence electrons. The van der Waals surface area contributed by atoms with Crippen LogP contribution in [0.15, 0.2) is 59.1 Å². The van der Waals surface area contributed by atoms with Crippen molar-refractivity contribution >= 4 is 35.2 Å². The summed E-state index contributed by atoms with van der Waals surface area (Å²) in [5.41, 5.74) is 2.79. The molecule has 1 atom stereocenters. The highest BCUT2D eigenvalue weighted by molar-refractivity contribution is 8.02. The smallest absolute Gasteiger partial charge is 0.337 e. The third-order valence-corrected chi connectivity index (χ3v) is 5.73. The first-order valence-corrected chi connectivity index (χ1v) is 9.88. The molecule has 7 heteroatoms. The van der Waals surface area contributed by atoms with E-state index < -0.39 is 5.97 Å². The Balaban J connectivity index is 1.85. The number of ether oxygens (including phenoxy) is 1. The maximum absolute atomic E-state index is 12.2. The predicted octanol–water partition coefficient (Wildman–Crippen LogP) is 4.40. The van der Waals surface area contributed by atoms with Gasteiger partial charge in [-0.3, -0.25) is 4.79 Å². The Hall–Kier alpha value is -2.75. The Morgan fingerprint density at radius 3 is 2.54 bits per heavy atom. The van der Waals surface area contributed by atoms with E-state index in [-0.39, 0.29) is 18.2 Å². The zero-order valence-electron chi connectivity index (χ0n) is 15.1. The molecule has 2 aromatic carbocycles. The number of esters is 1. The molecule has 0 bridgehead atoms. The molecule has 0 saturated carbocycles. The predicted molar refractivity (Wildman–Crippen MR) is 109 cm³/mol. The van der Waals surface area contributed by atoms with Crippen molar-refractivity contribution in [3.63, 3.8) is 0 Å². The molecule has 5 nitrogen and oxygen atoms in total. The maximum atomic E-state index is 12.2. The van der Waals surface area contributed by atoms with Crippen molar-refractivity contribution in [3.8, 4) is 6.07 Å². The van der Waals surface area contributed by atoms with Gasteiger partial charge in [0.15, 0.2) is 0 Å². The summed E-state index contributed by atoms with van der Waals surface area (Å²) in [7, 11) is 1.32. The van der Waals surface area contributed by atoms with E-state index in [1.807, 2.05) is 24.3 Å². The normalized spacial score (nSPS) is 16.3. The molecule has 0 fully saturated rings. The van der Waals surface area contributed by atoms with E-state index in [1.165, 1.54) is 18.9 Å². The van der Waals surface area contributed by atoms with Crippen LogP contribution in [-0.4, -0.2) is 19.0 Å². The largest absolute Gasteiger partial charge is 0.465 e. The summed E-state index contributed by atoms with van der Waals surface area (Å²) in [5.74, 6) is -0.313. The number of nitrogens with zero attached hydrogens (tertiary/aromatic N) is 1. The van der Waals surface area contributed by atoms with E-state index in [9.17, 15) is 14.9 Å². The summed E-state index contributed by atoms with van der Waals surface area (Å²) in [5, 5.41) is 13.8. The molecule has 0 spiro atoms. The third-order valence-electron chi connectivity index (χ3n) is 4.39. The summed E-state index contributed by atoms with van der Waals surface area (Å²) >= 11 is 7.32. The molecule has 1 aliphatic rings. The number of benzene rings is 2. The molecule has 0 saturated heterocycles. The first-order valence-electron chi connectivity index (χ1n) is 8.51. The number of nitriles is 1. The molecular weight excluding hydrogens is 396 g/mol. The second-order valence-electron chi connectivity index (χ2n) is 6.19. The Bertz CT molecular complexity index is 963. The summed E-state index contributed by atoms with van der Waals surface area (Å²) in [6.07, 6.45) is 0.186. The fraction of sp³-hybridized carbons (Fsp3) is 0.190. The van der Waals surface area contributed by atoms with Crippen LogP contribution < -0.4 is 5.32 Å². The molecular formula is C21H17ClN2O3S. The molecule has 1 aliphatic heterocycles. The number of hydrogen-bond acceptors (Lipinski definition) is 5. The van der Waals surface area contributed by atoms with Crippen LogP contribution in [0, 0.1) is 11.3 Å². The quantitative estimate of drug-likeness (QED) is 0.736. The van der Waals surface area contributed by atoms with Crippen LogP contribution in [0.1, 0.15) is 33.8 Å². The molecule has 0 aliphatic carbocycles. The van der Waals surface area contributed by atoms with E-state index in [2.05, 4.69) is 11.4 Å². The number of rotatable bonds is 5. The van der Waals surface area contributed by atoms with Gasteiger partial charge in [-0.2, -0.15) is 5.26 Å². The highest BCUT2D eigenvalue weighted by atomic mass is 35.5. The second kappa shape index (κ2) is 8.96. The Kier molecular flexibility index (Phi) is 6.40. The molecule has 1 N–H and O–H groups in total. The van der Waals surface area contributed by atoms with Gasteiger partial charge < -0.3 is 10.1 Å². The second-order valence-corrected chi connectivity index (χ2v) is 7.61. The SMILES string of the molecule is COC(=O)c1ccc([C@H]2CC(=O)NC(SCc3ccc(Cl)cc3)=C2C#N)cc1. The number of hydrogen-bond donors (Lipinski definition) is 1. The first kappa shape index (κ1) is 20.0. The lowest BCUT2D eigenvalue weighted by Gasteiger charge is -2.25. The number of methoxy groups -OCH3 is 1. The van der Waals surface area contributed by atoms with Crippen molar-refractivity contribution in [3.05, 3.63) is 80.8 Å². The summed E-state index contributed by atoms with van der Waals surface area (Å²) in [4.78, 5) is 23.8. The van der Waals surface area contributed by atoms with Crippen molar-refractivity contribution in [2.75, 3.05) is 7.11 Å². The average Bonchev–Trinajstić information content (AvgIpc) is 2.72. The minimum Gasteiger partial charge on any atom is -0.465 e. The molecule has 0 radical (unpaired) electrons. The van der Waals surface area contributed by atoms with E-state index in [0.29, 0.717) is 26.9 Å². The zero-order chi connectivity index (χ0) is 20.1. The third kappa shape index (κ3) is 4.56. The number of carbonyl (C=O) groups is 2. The number of carbonyl (C=O) groups excluding carboxylic acids is 2. The van der Waals surface area contributed by atoms with Crippen LogP contribution in [0.25, 0.3) is 0 Å². The van der Waals surface area contributed by atoms with Crippen LogP contribution in [0.4, 0.5) is 0 Å². The van der Waals surface area contributed by atoms with E-state index in [0.717, 1.165) is 11.1 Å². The van der Waals surface area contributed by atoms with E-state index in [1.54, 1.807) is 24.3 Å². The van der Waals surface area contributed by atoms with Crippen molar-refractivity contribution < 1.29 is 14.3 Å². The minimum atomic E-state index is -0.428. The fourth-order valence-electron chi connectivity index (χ4n) is 2.92. The lowest BCUT2D eigenvalue weighted by molar-refractivity contribution is -0.120. The average molecular weight is 413 g/mol. The van der Waals surface area contributed by atoms with Gasteiger partial charge in [0.2, 0.25) is 5.91 Å². The topological polar surface area (TPSA) is 79.2 Å². The van der Waals surface area contributed by atoms with Crippen LogP contribution in [-0.2, 0) is 15.3 Å². The molecule has 28 heavy (non-hydrogen) atoms. The Morgan fingerprint density at radius 1 is 1.25 bits per heavy atom. The highest BCUT2D eigenvalue weighted by Gasteiger charge is 2.29.